The molecule has 1 atom stereocenters. The van der Waals surface area contributed by atoms with Crippen molar-refractivity contribution in [3.63, 3.8) is 0 Å². The molecule has 9 heteroatoms. The van der Waals surface area contributed by atoms with Crippen molar-refractivity contribution in [2.75, 3.05) is 29.9 Å². The van der Waals surface area contributed by atoms with Crippen LogP contribution in [0.3, 0.4) is 0 Å². The fourth-order valence-electron chi connectivity index (χ4n) is 4.38. The Hall–Kier alpha value is -2.78. The number of sulfonamides is 1. The van der Waals surface area contributed by atoms with Crippen LogP contribution in [0.15, 0.2) is 47.4 Å². The molecule has 2 aliphatic heterocycles. The van der Waals surface area contributed by atoms with Crippen LogP contribution in [0.5, 0.6) is 0 Å². The number of piperidine rings is 1. The molecule has 170 valence electrons. The minimum absolute atomic E-state index is 0.0409. The zero-order chi connectivity index (χ0) is 22.9. The standard InChI is InChI=1S/C23H26FN3O4S/c1-16(28)27-13-5-6-17-14-19(10-11-22(17)27)32(30,31)26-12-4-7-18(15-26)23(29)25-21-9-3-2-8-20(21)24/h2-3,8-11,14,18H,4-7,12-13,15H2,1H3,(H,25,29)/t18-/m0/s1. The maximum atomic E-state index is 13.9. The van der Waals surface area contributed by atoms with E-state index in [-0.39, 0.29) is 23.0 Å². The lowest BCUT2D eigenvalue weighted by Crippen LogP contribution is -2.43. The first-order valence-electron chi connectivity index (χ1n) is 10.7. The van der Waals surface area contributed by atoms with Gasteiger partial charge in [-0.3, -0.25) is 9.59 Å². The van der Waals surface area contributed by atoms with Gasteiger partial charge in [-0.15, -0.1) is 0 Å². The summed E-state index contributed by atoms with van der Waals surface area (Å²) in [6, 6.07) is 10.8. The Bertz CT molecular complexity index is 1150. The minimum atomic E-state index is -3.80. The molecule has 4 rings (SSSR count). The number of benzene rings is 2. The summed E-state index contributed by atoms with van der Waals surface area (Å²) in [4.78, 5) is 26.4. The summed E-state index contributed by atoms with van der Waals surface area (Å²) in [6.45, 7) is 2.49. The van der Waals surface area contributed by atoms with Gasteiger partial charge in [0.05, 0.1) is 16.5 Å². The molecule has 0 unspecified atom stereocenters. The highest BCUT2D eigenvalue weighted by Crippen LogP contribution is 2.32. The van der Waals surface area contributed by atoms with E-state index >= 15 is 0 Å². The minimum Gasteiger partial charge on any atom is -0.323 e. The topological polar surface area (TPSA) is 86.8 Å². The lowest BCUT2D eigenvalue weighted by molar-refractivity contribution is -0.121. The highest BCUT2D eigenvalue weighted by molar-refractivity contribution is 7.89. The highest BCUT2D eigenvalue weighted by atomic mass is 32.2. The second-order valence-corrected chi connectivity index (χ2v) is 10.2. The number of halogens is 1. The van der Waals surface area contributed by atoms with E-state index < -0.39 is 27.7 Å². The van der Waals surface area contributed by atoms with Crippen LogP contribution >= 0.6 is 0 Å². The first kappa shape index (κ1) is 22.4. The number of aryl methyl sites for hydroxylation is 1. The summed E-state index contributed by atoms with van der Waals surface area (Å²) < 4.78 is 41.8. The lowest BCUT2D eigenvalue weighted by Gasteiger charge is -2.32. The number of nitrogens with one attached hydrogen (secondary N) is 1. The Kier molecular flexibility index (Phi) is 6.30. The molecule has 0 spiro atoms. The number of hydrogen-bond donors (Lipinski definition) is 1. The van der Waals surface area contributed by atoms with Crippen molar-refractivity contribution in [3.05, 3.63) is 53.8 Å². The van der Waals surface area contributed by atoms with Crippen molar-refractivity contribution in [2.24, 2.45) is 5.92 Å². The Morgan fingerprint density at radius 3 is 2.62 bits per heavy atom. The number of nitrogens with zero attached hydrogens (tertiary/aromatic N) is 2. The molecule has 2 aliphatic rings. The summed E-state index contributed by atoms with van der Waals surface area (Å²) >= 11 is 0. The van der Waals surface area contributed by atoms with Crippen molar-refractivity contribution in [2.45, 2.75) is 37.5 Å². The number of para-hydroxylation sites is 1. The van der Waals surface area contributed by atoms with E-state index in [2.05, 4.69) is 5.32 Å². The largest absolute Gasteiger partial charge is 0.323 e. The number of anilines is 2. The van der Waals surface area contributed by atoms with Crippen molar-refractivity contribution >= 4 is 33.2 Å². The number of amides is 2. The molecule has 7 nitrogen and oxygen atoms in total. The number of rotatable bonds is 4. The van der Waals surface area contributed by atoms with Gasteiger partial charge in [-0.05, 0) is 61.6 Å². The first-order chi connectivity index (χ1) is 15.3. The zero-order valence-electron chi connectivity index (χ0n) is 17.9. The van der Waals surface area contributed by atoms with Crippen molar-refractivity contribution < 1.29 is 22.4 Å². The molecule has 2 aromatic carbocycles. The third-order valence-electron chi connectivity index (χ3n) is 6.07. The zero-order valence-corrected chi connectivity index (χ0v) is 18.7. The first-order valence-corrected chi connectivity index (χ1v) is 12.2. The predicted octanol–water partition coefficient (Wildman–Crippen LogP) is 3.16. The van der Waals surface area contributed by atoms with Crippen LogP contribution in [0.2, 0.25) is 0 Å². The maximum Gasteiger partial charge on any atom is 0.243 e. The van der Waals surface area contributed by atoms with Gasteiger partial charge in [0.2, 0.25) is 21.8 Å². The normalized spacial score (nSPS) is 19.3. The van der Waals surface area contributed by atoms with Crippen LogP contribution in [0, 0.1) is 11.7 Å². The smallest absolute Gasteiger partial charge is 0.243 e. The number of hydrogen-bond acceptors (Lipinski definition) is 4. The molecular weight excluding hydrogens is 433 g/mol. The average Bonchev–Trinajstić information content (AvgIpc) is 2.79. The van der Waals surface area contributed by atoms with Gasteiger partial charge in [0.1, 0.15) is 5.82 Å². The second-order valence-electron chi connectivity index (χ2n) is 8.24. The van der Waals surface area contributed by atoms with Crippen LogP contribution in [0.25, 0.3) is 0 Å². The van der Waals surface area contributed by atoms with E-state index in [0.717, 1.165) is 17.7 Å². The van der Waals surface area contributed by atoms with Crippen LogP contribution < -0.4 is 10.2 Å². The SMILES string of the molecule is CC(=O)N1CCCc2cc(S(=O)(=O)N3CCC[C@H](C(=O)Nc4ccccc4F)C3)ccc21. The van der Waals surface area contributed by atoms with Gasteiger partial charge >= 0.3 is 0 Å². The van der Waals surface area contributed by atoms with Gasteiger partial charge in [-0.25, -0.2) is 12.8 Å². The van der Waals surface area contributed by atoms with Crippen molar-refractivity contribution in [1.82, 2.24) is 4.31 Å². The quantitative estimate of drug-likeness (QED) is 0.761. The van der Waals surface area contributed by atoms with E-state index in [1.807, 2.05) is 0 Å². The molecule has 1 saturated heterocycles. The average molecular weight is 460 g/mol. The molecule has 1 fully saturated rings. The van der Waals surface area contributed by atoms with Crippen LogP contribution in [0.1, 0.15) is 31.7 Å². The summed E-state index contributed by atoms with van der Waals surface area (Å²) in [5.41, 5.74) is 1.67. The fraction of sp³-hybridized carbons (Fsp3) is 0.391. The Balaban J connectivity index is 1.52. The Labute approximate surface area is 187 Å². The Morgan fingerprint density at radius 1 is 1.09 bits per heavy atom. The molecule has 0 radical (unpaired) electrons. The molecule has 0 bridgehead atoms. The summed E-state index contributed by atoms with van der Waals surface area (Å²) in [5, 5.41) is 2.58. The van der Waals surface area contributed by atoms with Gasteiger partial charge in [0.25, 0.3) is 0 Å². The lowest BCUT2D eigenvalue weighted by atomic mass is 9.98. The molecule has 32 heavy (non-hydrogen) atoms. The summed E-state index contributed by atoms with van der Waals surface area (Å²) in [5.74, 6) is -1.56. The third kappa shape index (κ3) is 4.40. The van der Waals surface area contributed by atoms with Crippen LogP contribution in [-0.2, 0) is 26.0 Å². The van der Waals surface area contributed by atoms with E-state index in [9.17, 15) is 22.4 Å². The maximum absolute atomic E-state index is 13.9. The van der Waals surface area contributed by atoms with Crippen molar-refractivity contribution in [1.29, 1.82) is 0 Å². The van der Waals surface area contributed by atoms with Gasteiger partial charge in [-0.2, -0.15) is 4.31 Å². The molecule has 0 aliphatic carbocycles. The molecule has 0 saturated carbocycles. The molecule has 2 amide bonds. The summed E-state index contributed by atoms with van der Waals surface area (Å²) in [7, 11) is -3.80. The molecular formula is C23H26FN3O4S. The molecule has 0 aromatic heterocycles. The van der Waals surface area contributed by atoms with Gasteiger partial charge in [0, 0.05) is 32.2 Å². The predicted molar refractivity (Wildman–Crippen MR) is 119 cm³/mol. The van der Waals surface area contributed by atoms with Gasteiger partial charge in [-0.1, -0.05) is 12.1 Å². The van der Waals surface area contributed by atoms with Crippen LogP contribution in [0.4, 0.5) is 15.8 Å². The number of carbonyl (C=O) groups is 2. The van der Waals surface area contributed by atoms with Crippen LogP contribution in [-0.4, -0.2) is 44.2 Å². The second kappa shape index (κ2) is 8.99. The fourth-order valence-corrected chi connectivity index (χ4v) is 5.96. The van der Waals surface area contributed by atoms with E-state index in [1.54, 1.807) is 23.1 Å². The molecule has 2 aromatic rings. The van der Waals surface area contributed by atoms with Crippen molar-refractivity contribution in [3.8, 4) is 0 Å². The summed E-state index contributed by atoms with van der Waals surface area (Å²) in [6.07, 6.45) is 2.55. The molecule has 1 N–H and O–H groups in total. The Morgan fingerprint density at radius 2 is 1.88 bits per heavy atom. The molecule has 2 heterocycles. The van der Waals surface area contributed by atoms with E-state index in [4.69, 9.17) is 0 Å². The van der Waals surface area contributed by atoms with Gasteiger partial charge < -0.3 is 10.2 Å². The van der Waals surface area contributed by atoms with E-state index in [1.165, 1.54) is 35.5 Å². The van der Waals surface area contributed by atoms with Gasteiger partial charge in [0.15, 0.2) is 0 Å². The van der Waals surface area contributed by atoms with E-state index in [0.29, 0.717) is 32.4 Å². The monoisotopic (exact) mass is 459 g/mol. The highest BCUT2D eigenvalue weighted by Gasteiger charge is 2.34. The number of fused-ring (bicyclic) bond motifs is 1. The number of carbonyl (C=O) groups excluding carboxylic acids is 2. The third-order valence-corrected chi connectivity index (χ3v) is 7.94.